The van der Waals surface area contributed by atoms with E-state index >= 15 is 0 Å². The third-order valence-corrected chi connectivity index (χ3v) is 4.88. The third kappa shape index (κ3) is 4.88. The summed E-state index contributed by atoms with van der Waals surface area (Å²) in [5.41, 5.74) is 2.95. The van der Waals surface area contributed by atoms with E-state index in [0.29, 0.717) is 18.9 Å². The van der Waals surface area contributed by atoms with Crippen LogP contribution in [0.3, 0.4) is 0 Å². The van der Waals surface area contributed by atoms with Gasteiger partial charge in [-0.25, -0.2) is 4.39 Å². The zero-order valence-corrected chi connectivity index (χ0v) is 15.5. The number of hydrogen-bond acceptors (Lipinski definition) is 3. The molecule has 1 aromatic heterocycles. The summed E-state index contributed by atoms with van der Waals surface area (Å²) >= 11 is 0. The maximum Gasteiger partial charge on any atom is 0.236 e. The number of aromatic nitrogens is 1. The van der Waals surface area contributed by atoms with Crippen LogP contribution in [-0.4, -0.2) is 54.4 Å². The lowest BCUT2D eigenvalue weighted by atomic mass is 9.94. The van der Waals surface area contributed by atoms with Gasteiger partial charge in [-0.05, 0) is 49.2 Å². The first-order chi connectivity index (χ1) is 12.5. The maximum absolute atomic E-state index is 13.4. The van der Waals surface area contributed by atoms with Crippen molar-refractivity contribution >= 4 is 5.91 Å². The quantitative estimate of drug-likeness (QED) is 0.827. The summed E-state index contributed by atoms with van der Waals surface area (Å²) < 4.78 is 13.4. The van der Waals surface area contributed by atoms with Crippen LogP contribution in [-0.2, 0) is 11.2 Å². The zero-order chi connectivity index (χ0) is 18.5. The van der Waals surface area contributed by atoms with Gasteiger partial charge in [0.1, 0.15) is 5.82 Å². The van der Waals surface area contributed by atoms with E-state index in [9.17, 15) is 9.18 Å². The molecular formula is C21H26FN3O. The van der Waals surface area contributed by atoms with Crippen LogP contribution < -0.4 is 0 Å². The number of piperidine rings is 1. The average Bonchev–Trinajstić information content (AvgIpc) is 2.62. The van der Waals surface area contributed by atoms with Gasteiger partial charge in [0.2, 0.25) is 5.91 Å². The predicted octanol–water partition coefficient (Wildman–Crippen LogP) is 3.08. The summed E-state index contributed by atoms with van der Waals surface area (Å²) in [5, 5.41) is 0. The van der Waals surface area contributed by atoms with E-state index in [-0.39, 0.29) is 11.7 Å². The standard InChI is InChI=1S/C21H26FN3O/c1-24(2)21(26)15-25-11-5-7-17(14-25)20-10-4-9-19(23-20)13-16-6-3-8-18(22)12-16/h3-4,6,8-10,12,17H,5,7,11,13-15H2,1-2H3/t17-/m0/s1. The Bertz CT molecular complexity index is 762. The lowest BCUT2D eigenvalue weighted by Crippen LogP contribution is -2.41. The van der Waals surface area contributed by atoms with Crippen molar-refractivity contribution in [3.05, 3.63) is 65.2 Å². The molecule has 0 spiro atoms. The molecule has 5 heteroatoms. The largest absolute Gasteiger partial charge is 0.348 e. The van der Waals surface area contributed by atoms with Gasteiger partial charge in [-0.2, -0.15) is 0 Å². The minimum Gasteiger partial charge on any atom is -0.348 e. The van der Waals surface area contributed by atoms with Gasteiger partial charge >= 0.3 is 0 Å². The molecule has 1 amide bonds. The maximum atomic E-state index is 13.4. The van der Waals surface area contributed by atoms with Crippen molar-refractivity contribution in [2.45, 2.75) is 25.2 Å². The van der Waals surface area contributed by atoms with Crippen LogP contribution in [0.4, 0.5) is 4.39 Å². The highest BCUT2D eigenvalue weighted by Crippen LogP contribution is 2.26. The van der Waals surface area contributed by atoms with Gasteiger partial charge in [-0.3, -0.25) is 14.7 Å². The lowest BCUT2D eigenvalue weighted by molar-refractivity contribution is -0.130. The van der Waals surface area contributed by atoms with Crippen LogP contribution in [0.1, 0.15) is 35.7 Å². The van der Waals surface area contributed by atoms with Crippen LogP contribution in [0, 0.1) is 5.82 Å². The third-order valence-electron chi connectivity index (χ3n) is 4.88. The Labute approximate surface area is 154 Å². The number of likely N-dealkylation sites (N-methyl/N-ethyl adjacent to an activating group) is 1. The molecule has 0 aliphatic carbocycles. The molecule has 1 aliphatic rings. The van der Waals surface area contributed by atoms with E-state index in [2.05, 4.69) is 11.0 Å². The lowest BCUT2D eigenvalue weighted by Gasteiger charge is -2.32. The Morgan fingerprint density at radius 1 is 1.27 bits per heavy atom. The Morgan fingerprint density at radius 2 is 2.08 bits per heavy atom. The molecule has 138 valence electrons. The average molecular weight is 355 g/mol. The number of benzene rings is 1. The first-order valence-corrected chi connectivity index (χ1v) is 9.14. The molecule has 1 aliphatic heterocycles. The number of rotatable bonds is 5. The summed E-state index contributed by atoms with van der Waals surface area (Å²) in [5.74, 6) is 0.261. The molecule has 0 bridgehead atoms. The number of halogens is 1. The van der Waals surface area contributed by atoms with Gasteiger partial charge in [-0.15, -0.1) is 0 Å². The number of likely N-dealkylation sites (tertiary alicyclic amines) is 1. The van der Waals surface area contributed by atoms with Crippen LogP contribution in [0.25, 0.3) is 0 Å². The van der Waals surface area contributed by atoms with Crippen molar-refractivity contribution in [1.29, 1.82) is 0 Å². The van der Waals surface area contributed by atoms with E-state index in [0.717, 1.165) is 42.9 Å². The summed E-state index contributed by atoms with van der Waals surface area (Å²) in [6.07, 6.45) is 2.78. The SMILES string of the molecule is CN(C)C(=O)CN1CCC[C@H](c2cccc(Cc3cccc(F)c3)n2)C1. The van der Waals surface area contributed by atoms with E-state index in [4.69, 9.17) is 4.98 Å². The van der Waals surface area contributed by atoms with Crippen molar-refractivity contribution in [1.82, 2.24) is 14.8 Å². The first kappa shape index (κ1) is 18.5. The van der Waals surface area contributed by atoms with E-state index in [1.165, 1.54) is 6.07 Å². The molecule has 1 fully saturated rings. The van der Waals surface area contributed by atoms with E-state index < -0.39 is 0 Å². The second-order valence-corrected chi connectivity index (χ2v) is 7.22. The number of carbonyl (C=O) groups excluding carboxylic acids is 1. The second-order valence-electron chi connectivity index (χ2n) is 7.22. The van der Waals surface area contributed by atoms with Crippen molar-refractivity contribution < 1.29 is 9.18 Å². The number of nitrogens with zero attached hydrogens (tertiary/aromatic N) is 3. The van der Waals surface area contributed by atoms with Crippen molar-refractivity contribution in [2.24, 2.45) is 0 Å². The van der Waals surface area contributed by atoms with E-state index in [1.54, 1.807) is 31.1 Å². The molecule has 0 N–H and O–H groups in total. The van der Waals surface area contributed by atoms with Gasteiger partial charge in [0.15, 0.2) is 0 Å². The second kappa shape index (κ2) is 8.41. The van der Waals surface area contributed by atoms with Crippen LogP contribution in [0.2, 0.25) is 0 Å². The first-order valence-electron chi connectivity index (χ1n) is 9.14. The van der Waals surface area contributed by atoms with Gasteiger partial charge in [-0.1, -0.05) is 18.2 Å². The Kier molecular flexibility index (Phi) is 5.99. The summed E-state index contributed by atoms with van der Waals surface area (Å²) in [6.45, 7) is 2.28. The van der Waals surface area contributed by atoms with Crippen LogP contribution >= 0.6 is 0 Å². The molecule has 2 aromatic rings. The molecule has 0 saturated carbocycles. The Balaban J connectivity index is 1.68. The van der Waals surface area contributed by atoms with Crippen LogP contribution in [0.15, 0.2) is 42.5 Å². The molecule has 1 aromatic carbocycles. The van der Waals surface area contributed by atoms with Gasteiger partial charge < -0.3 is 4.90 Å². The van der Waals surface area contributed by atoms with Crippen molar-refractivity contribution in [3.8, 4) is 0 Å². The molecule has 0 radical (unpaired) electrons. The van der Waals surface area contributed by atoms with Crippen LogP contribution in [0.5, 0.6) is 0 Å². The Hall–Kier alpha value is -2.27. The topological polar surface area (TPSA) is 36.4 Å². The zero-order valence-electron chi connectivity index (χ0n) is 15.5. The molecule has 1 saturated heterocycles. The minimum atomic E-state index is -0.216. The molecule has 4 nitrogen and oxygen atoms in total. The summed E-state index contributed by atoms with van der Waals surface area (Å²) in [4.78, 5) is 20.7. The van der Waals surface area contributed by atoms with E-state index in [1.807, 2.05) is 18.2 Å². The Morgan fingerprint density at radius 3 is 2.85 bits per heavy atom. The van der Waals surface area contributed by atoms with Gasteiger partial charge in [0, 0.05) is 44.4 Å². The van der Waals surface area contributed by atoms with Gasteiger partial charge in [0.25, 0.3) is 0 Å². The molecule has 2 heterocycles. The number of pyridine rings is 1. The fourth-order valence-electron chi connectivity index (χ4n) is 3.45. The highest BCUT2D eigenvalue weighted by molar-refractivity contribution is 5.77. The van der Waals surface area contributed by atoms with Gasteiger partial charge in [0.05, 0.1) is 6.54 Å². The smallest absolute Gasteiger partial charge is 0.236 e. The molecule has 26 heavy (non-hydrogen) atoms. The number of amides is 1. The normalized spacial score (nSPS) is 17.9. The number of hydrogen-bond donors (Lipinski definition) is 0. The molecule has 0 unspecified atom stereocenters. The monoisotopic (exact) mass is 355 g/mol. The molecule has 3 rings (SSSR count). The summed E-state index contributed by atoms with van der Waals surface area (Å²) in [6, 6.07) is 12.8. The fraction of sp³-hybridized carbons (Fsp3) is 0.429. The highest BCUT2D eigenvalue weighted by Gasteiger charge is 2.24. The van der Waals surface area contributed by atoms with Crippen molar-refractivity contribution in [3.63, 3.8) is 0 Å². The fourth-order valence-corrected chi connectivity index (χ4v) is 3.45. The highest BCUT2D eigenvalue weighted by atomic mass is 19.1. The number of carbonyl (C=O) groups is 1. The molecular weight excluding hydrogens is 329 g/mol. The summed E-state index contributed by atoms with van der Waals surface area (Å²) in [7, 11) is 3.59. The predicted molar refractivity (Wildman–Crippen MR) is 101 cm³/mol. The minimum absolute atomic E-state index is 0.137. The van der Waals surface area contributed by atoms with Crippen molar-refractivity contribution in [2.75, 3.05) is 33.7 Å². The molecule has 1 atom stereocenters.